The molecular formula is C11H14N2Na2O8S2. The van der Waals surface area contributed by atoms with Crippen LogP contribution in [0.25, 0.3) is 0 Å². The number of carbonyl (C=O) groups is 2. The number of nitrogens with zero attached hydrogens (tertiary/aromatic N) is 1. The molecule has 1 heterocycles. The quantitative estimate of drug-likeness (QED) is 0.245. The topological polar surface area (TPSA) is 158 Å². The van der Waals surface area contributed by atoms with Crippen molar-refractivity contribution in [3.05, 3.63) is 35.9 Å². The third-order valence-corrected chi connectivity index (χ3v) is 5.09. The van der Waals surface area contributed by atoms with Crippen LogP contribution in [0.2, 0.25) is 0 Å². The van der Waals surface area contributed by atoms with Crippen LogP contribution < -0.4 is 64.4 Å². The molecule has 0 radical (unpaired) electrons. The first kappa shape index (κ1) is 25.0. The SMILES string of the molecule is O=C(NC1CN(S(=O)(=O)O)C1=O)C(c1ccccc1)S(=O)(=O)O.[H-].[H-].[Na+].[Na+]. The van der Waals surface area contributed by atoms with E-state index in [0.717, 1.165) is 0 Å². The number of hydrogen-bond donors (Lipinski definition) is 3. The first-order valence-corrected chi connectivity index (χ1v) is 9.02. The molecule has 10 nitrogen and oxygen atoms in total. The predicted molar refractivity (Wildman–Crippen MR) is 78.1 cm³/mol. The minimum absolute atomic E-state index is 0. The van der Waals surface area contributed by atoms with Crippen molar-refractivity contribution in [2.24, 2.45) is 0 Å². The van der Waals surface area contributed by atoms with Crippen LogP contribution >= 0.6 is 0 Å². The Kier molecular flexibility index (Phi) is 9.25. The summed E-state index contributed by atoms with van der Waals surface area (Å²) in [4.78, 5) is 23.6. The van der Waals surface area contributed by atoms with E-state index in [9.17, 15) is 31.0 Å². The van der Waals surface area contributed by atoms with E-state index in [2.05, 4.69) is 0 Å². The van der Waals surface area contributed by atoms with Gasteiger partial charge in [-0.1, -0.05) is 30.3 Å². The van der Waals surface area contributed by atoms with Gasteiger partial charge in [0.1, 0.15) is 6.04 Å². The van der Waals surface area contributed by atoms with E-state index >= 15 is 0 Å². The minimum atomic E-state index is -4.81. The standard InChI is InChI=1S/C11H12N2O8S2.2Na.2H/c14-10(12-8-6-13(11(8)15)23(19,20)21)9(22(16,17)18)7-4-2-1-3-5-7;;;;/h1-5,8-9H,6H2,(H,12,14)(H,16,17,18)(H,19,20,21);;;;/q;2*+1;2*-1. The van der Waals surface area contributed by atoms with E-state index in [1.807, 2.05) is 5.32 Å². The molecule has 14 heteroatoms. The molecule has 2 rings (SSSR count). The largest absolute Gasteiger partial charge is 1.00 e. The number of rotatable bonds is 5. The van der Waals surface area contributed by atoms with E-state index in [4.69, 9.17) is 4.55 Å². The van der Waals surface area contributed by atoms with Crippen molar-refractivity contribution in [1.82, 2.24) is 9.62 Å². The zero-order valence-electron chi connectivity index (χ0n) is 15.4. The summed E-state index contributed by atoms with van der Waals surface area (Å²) >= 11 is 0. The van der Waals surface area contributed by atoms with Crippen LogP contribution in [-0.2, 0) is 30.0 Å². The summed E-state index contributed by atoms with van der Waals surface area (Å²) in [6, 6.07) is 5.76. The maximum atomic E-state index is 12.1. The van der Waals surface area contributed by atoms with Crippen LogP contribution in [0.1, 0.15) is 13.7 Å². The Morgan fingerprint density at radius 1 is 1.16 bits per heavy atom. The third kappa shape index (κ3) is 5.99. The van der Waals surface area contributed by atoms with Gasteiger partial charge in [-0.2, -0.15) is 16.8 Å². The van der Waals surface area contributed by atoms with Gasteiger partial charge in [-0.25, -0.2) is 4.31 Å². The fourth-order valence-electron chi connectivity index (χ4n) is 2.04. The number of nitrogens with one attached hydrogen (secondary N) is 1. The second-order valence-corrected chi connectivity index (χ2v) is 7.55. The van der Waals surface area contributed by atoms with Crippen molar-refractivity contribution >= 4 is 32.2 Å². The number of amides is 2. The first-order chi connectivity index (χ1) is 10.5. The fourth-order valence-corrected chi connectivity index (χ4v) is 3.58. The zero-order chi connectivity index (χ0) is 17.4. The van der Waals surface area contributed by atoms with Gasteiger partial charge < -0.3 is 8.17 Å². The molecule has 0 saturated carbocycles. The van der Waals surface area contributed by atoms with Gasteiger partial charge in [-0.3, -0.25) is 18.7 Å². The normalized spacial score (nSPS) is 18.2. The van der Waals surface area contributed by atoms with Gasteiger partial charge in [-0.05, 0) is 5.56 Å². The molecule has 3 N–H and O–H groups in total. The van der Waals surface area contributed by atoms with Crippen LogP contribution in [0, 0.1) is 0 Å². The Balaban J connectivity index is -0.00000144. The second kappa shape index (κ2) is 9.26. The monoisotopic (exact) mass is 412 g/mol. The number of hydrogen-bond acceptors (Lipinski definition) is 6. The van der Waals surface area contributed by atoms with Crippen LogP contribution in [-0.4, -0.2) is 54.6 Å². The molecule has 0 aliphatic carbocycles. The van der Waals surface area contributed by atoms with Crippen molar-refractivity contribution in [1.29, 1.82) is 0 Å². The van der Waals surface area contributed by atoms with Crippen molar-refractivity contribution in [2.75, 3.05) is 6.54 Å². The molecule has 0 aromatic heterocycles. The van der Waals surface area contributed by atoms with Gasteiger partial charge in [0, 0.05) is 0 Å². The molecule has 1 aliphatic heterocycles. The van der Waals surface area contributed by atoms with Crippen LogP contribution in [0.3, 0.4) is 0 Å². The molecule has 130 valence electrons. The summed E-state index contributed by atoms with van der Waals surface area (Å²) in [7, 11) is -9.53. The molecule has 1 aliphatic rings. The van der Waals surface area contributed by atoms with E-state index in [1.165, 1.54) is 24.3 Å². The van der Waals surface area contributed by atoms with Gasteiger partial charge in [0.05, 0.1) is 6.54 Å². The van der Waals surface area contributed by atoms with E-state index in [1.54, 1.807) is 6.07 Å². The Morgan fingerprint density at radius 3 is 2.08 bits per heavy atom. The Labute approximate surface area is 191 Å². The summed E-state index contributed by atoms with van der Waals surface area (Å²) in [5.41, 5.74) is -0.0223. The average Bonchev–Trinajstić information content (AvgIpc) is 2.41. The number of β-lactam (4-membered cyclic amide) rings is 1. The van der Waals surface area contributed by atoms with Gasteiger partial charge in [0.15, 0.2) is 5.25 Å². The number of benzene rings is 1. The van der Waals surface area contributed by atoms with Crippen LogP contribution in [0.4, 0.5) is 0 Å². The smallest absolute Gasteiger partial charge is 1.00 e. The van der Waals surface area contributed by atoms with E-state index < -0.39 is 50.1 Å². The summed E-state index contributed by atoms with van der Waals surface area (Å²) in [5.74, 6) is -2.30. The molecule has 1 aromatic rings. The molecule has 0 spiro atoms. The van der Waals surface area contributed by atoms with Crippen molar-refractivity contribution in [2.45, 2.75) is 11.3 Å². The van der Waals surface area contributed by atoms with Crippen molar-refractivity contribution in [3.8, 4) is 0 Å². The zero-order valence-corrected chi connectivity index (χ0v) is 19.0. The van der Waals surface area contributed by atoms with Crippen LogP contribution in [0.5, 0.6) is 0 Å². The average molecular weight is 412 g/mol. The maximum Gasteiger partial charge on any atom is 1.00 e. The molecule has 1 aromatic carbocycles. The number of carbonyl (C=O) groups excluding carboxylic acids is 2. The van der Waals surface area contributed by atoms with E-state index in [0.29, 0.717) is 0 Å². The fraction of sp³-hybridized carbons (Fsp3) is 0.273. The van der Waals surface area contributed by atoms with Gasteiger partial charge in [0.25, 0.3) is 16.0 Å². The molecule has 25 heavy (non-hydrogen) atoms. The Morgan fingerprint density at radius 2 is 1.68 bits per heavy atom. The molecular weight excluding hydrogens is 398 g/mol. The minimum Gasteiger partial charge on any atom is -1.00 e. The molecule has 2 atom stereocenters. The summed E-state index contributed by atoms with van der Waals surface area (Å²) < 4.78 is 62.5. The maximum absolute atomic E-state index is 12.1. The van der Waals surface area contributed by atoms with Gasteiger partial charge >= 0.3 is 69.4 Å². The second-order valence-electron chi connectivity index (χ2n) is 4.71. The van der Waals surface area contributed by atoms with Gasteiger partial charge in [0.2, 0.25) is 5.91 Å². The van der Waals surface area contributed by atoms with Crippen molar-refractivity contribution < 1.29 is 97.5 Å². The molecule has 1 fully saturated rings. The Hall–Kier alpha value is -0.0200. The molecule has 2 amide bonds. The Bertz CT molecular complexity index is 854. The van der Waals surface area contributed by atoms with Crippen molar-refractivity contribution in [3.63, 3.8) is 0 Å². The summed E-state index contributed by atoms with van der Waals surface area (Å²) in [6.07, 6.45) is 0. The van der Waals surface area contributed by atoms with E-state index in [-0.39, 0.29) is 71.8 Å². The van der Waals surface area contributed by atoms with Gasteiger partial charge in [-0.15, -0.1) is 0 Å². The van der Waals surface area contributed by atoms with Crippen LogP contribution in [0.15, 0.2) is 30.3 Å². The molecule has 2 unspecified atom stereocenters. The first-order valence-electron chi connectivity index (χ1n) is 6.12. The summed E-state index contributed by atoms with van der Waals surface area (Å²) in [5, 5.41) is 0.0667. The third-order valence-electron chi connectivity index (χ3n) is 3.13. The molecule has 1 saturated heterocycles. The molecule has 0 bridgehead atoms. The predicted octanol–water partition coefficient (Wildman–Crippen LogP) is -7.02. The summed E-state index contributed by atoms with van der Waals surface area (Å²) in [6.45, 7) is -0.531.